The minimum Gasteiger partial charge on any atom is -0.461 e. The van der Waals surface area contributed by atoms with E-state index in [9.17, 15) is 18.0 Å². The quantitative estimate of drug-likeness (QED) is 0.706. The third-order valence-corrected chi connectivity index (χ3v) is 7.10. The van der Waals surface area contributed by atoms with Crippen molar-refractivity contribution < 1.29 is 22.7 Å². The average molecular weight is 434 g/mol. The number of carbonyl (C=O) groups excluding carboxylic acids is 2. The number of hydrogen-bond donors (Lipinski definition) is 1. The van der Waals surface area contributed by atoms with Crippen molar-refractivity contribution in [1.29, 1.82) is 0 Å². The molecule has 2 heterocycles. The molecular formula is C21H27N3O5S. The molecule has 1 aliphatic rings. The van der Waals surface area contributed by atoms with E-state index in [-0.39, 0.29) is 29.6 Å². The average Bonchev–Trinajstić information content (AvgIpc) is 3.32. The first kappa shape index (κ1) is 22.0. The minimum absolute atomic E-state index is 0.0283. The van der Waals surface area contributed by atoms with Gasteiger partial charge in [-0.15, -0.1) is 0 Å². The Balaban J connectivity index is 1.85. The molecule has 1 amide bonds. The van der Waals surface area contributed by atoms with Crippen LogP contribution in [-0.2, 0) is 26.6 Å². The fourth-order valence-electron chi connectivity index (χ4n) is 3.60. The fraction of sp³-hybridized carbons (Fsp3) is 0.429. The molecule has 0 radical (unpaired) electrons. The predicted molar refractivity (Wildman–Crippen MR) is 113 cm³/mol. The fourth-order valence-corrected chi connectivity index (χ4v) is 5.32. The number of ether oxygens (including phenoxy) is 1. The summed E-state index contributed by atoms with van der Waals surface area (Å²) in [6.07, 6.45) is 2.40. The highest BCUT2D eigenvalue weighted by Crippen LogP contribution is 2.28. The Labute approximate surface area is 176 Å². The van der Waals surface area contributed by atoms with Gasteiger partial charge in [0.15, 0.2) is 0 Å². The zero-order chi connectivity index (χ0) is 22.1. The van der Waals surface area contributed by atoms with Crippen molar-refractivity contribution in [3.8, 4) is 0 Å². The molecule has 0 bridgehead atoms. The number of nitrogens with zero attached hydrogens (tertiary/aromatic N) is 2. The van der Waals surface area contributed by atoms with Gasteiger partial charge < -0.3 is 14.6 Å². The Kier molecular flexibility index (Phi) is 6.33. The molecule has 0 spiro atoms. The van der Waals surface area contributed by atoms with E-state index in [0.29, 0.717) is 18.5 Å². The summed E-state index contributed by atoms with van der Waals surface area (Å²) in [4.78, 5) is 25.0. The molecule has 1 atom stereocenters. The molecule has 9 heteroatoms. The maximum atomic E-state index is 13.2. The topological polar surface area (TPSA) is 97.7 Å². The molecule has 2 aromatic rings. The van der Waals surface area contributed by atoms with Crippen LogP contribution in [0.5, 0.6) is 0 Å². The zero-order valence-electron chi connectivity index (χ0n) is 17.6. The first-order valence-corrected chi connectivity index (χ1v) is 11.3. The number of hydrogen-bond acceptors (Lipinski definition) is 5. The number of sulfonamides is 1. The van der Waals surface area contributed by atoms with Crippen LogP contribution in [0.3, 0.4) is 0 Å². The number of aryl methyl sites for hydroxylation is 3. The standard InChI is InChI=1S/C21H27N3O5S/c1-5-29-21(26)19-12-16(13-23(19)4)30(27,28)24-10-6-7-18(24)20(25)22-17-11-14(2)8-9-15(17)3/h8-9,11-13,18H,5-7,10H2,1-4H3,(H,22,25)/t18-/m1/s1. The lowest BCUT2D eigenvalue weighted by molar-refractivity contribution is -0.119. The van der Waals surface area contributed by atoms with Gasteiger partial charge in [0.05, 0.1) is 6.61 Å². The lowest BCUT2D eigenvalue weighted by atomic mass is 10.1. The van der Waals surface area contributed by atoms with Crippen molar-refractivity contribution >= 4 is 27.6 Å². The molecule has 30 heavy (non-hydrogen) atoms. The molecule has 3 rings (SSSR count). The summed E-state index contributed by atoms with van der Waals surface area (Å²) in [6, 6.07) is 6.22. The number of nitrogens with one attached hydrogen (secondary N) is 1. The molecule has 0 saturated carbocycles. The van der Waals surface area contributed by atoms with Gasteiger partial charge in [-0.1, -0.05) is 12.1 Å². The lowest BCUT2D eigenvalue weighted by Crippen LogP contribution is -2.43. The van der Waals surface area contributed by atoms with Gasteiger partial charge >= 0.3 is 5.97 Å². The Morgan fingerprint density at radius 1 is 1.23 bits per heavy atom. The van der Waals surface area contributed by atoms with E-state index in [2.05, 4.69) is 5.32 Å². The van der Waals surface area contributed by atoms with Crippen LogP contribution in [0.25, 0.3) is 0 Å². The highest BCUT2D eigenvalue weighted by atomic mass is 32.2. The SMILES string of the molecule is CCOC(=O)c1cc(S(=O)(=O)N2CCC[C@@H]2C(=O)Nc2cc(C)ccc2C)cn1C. The molecule has 1 fully saturated rings. The Morgan fingerprint density at radius 2 is 1.97 bits per heavy atom. The number of esters is 1. The summed E-state index contributed by atoms with van der Waals surface area (Å²) in [5.74, 6) is -0.946. The maximum Gasteiger partial charge on any atom is 0.354 e. The summed E-state index contributed by atoms with van der Waals surface area (Å²) in [7, 11) is -2.37. The first-order valence-electron chi connectivity index (χ1n) is 9.88. The number of rotatable bonds is 6. The van der Waals surface area contributed by atoms with Crippen LogP contribution < -0.4 is 5.32 Å². The molecular weight excluding hydrogens is 406 g/mol. The van der Waals surface area contributed by atoms with Gasteiger partial charge in [-0.3, -0.25) is 4.79 Å². The van der Waals surface area contributed by atoms with Crippen molar-refractivity contribution in [2.75, 3.05) is 18.5 Å². The molecule has 162 valence electrons. The van der Waals surface area contributed by atoms with Gasteiger partial charge in [0.1, 0.15) is 16.6 Å². The second kappa shape index (κ2) is 8.61. The van der Waals surface area contributed by atoms with Gasteiger partial charge in [-0.25, -0.2) is 13.2 Å². The molecule has 1 N–H and O–H groups in total. The van der Waals surface area contributed by atoms with Crippen LogP contribution >= 0.6 is 0 Å². The van der Waals surface area contributed by atoms with E-state index < -0.39 is 22.0 Å². The normalized spacial score (nSPS) is 17.1. The highest BCUT2D eigenvalue weighted by molar-refractivity contribution is 7.89. The molecule has 0 unspecified atom stereocenters. The summed E-state index contributed by atoms with van der Waals surface area (Å²) in [5, 5.41) is 2.87. The highest BCUT2D eigenvalue weighted by Gasteiger charge is 2.40. The molecule has 1 aliphatic heterocycles. The second-order valence-electron chi connectivity index (χ2n) is 7.47. The number of benzene rings is 1. The van der Waals surface area contributed by atoms with Crippen LogP contribution in [0.2, 0.25) is 0 Å². The van der Waals surface area contributed by atoms with Crippen LogP contribution in [0.15, 0.2) is 35.4 Å². The number of carbonyl (C=O) groups is 2. The predicted octanol–water partition coefficient (Wildman–Crippen LogP) is 2.61. The first-order chi connectivity index (χ1) is 14.1. The van der Waals surface area contributed by atoms with Crippen molar-refractivity contribution in [3.05, 3.63) is 47.3 Å². The lowest BCUT2D eigenvalue weighted by Gasteiger charge is -2.23. The molecule has 0 aliphatic carbocycles. The van der Waals surface area contributed by atoms with Gasteiger partial charge in [-0.2, -0.15) is 4.31 Å². The molecule has 1 aromatic heterocycles. The van der Waals surface area contributed by atoms with E-state index in [1.165, 1.54) is 21.1 Å². The Morgan fingerprint density at radius 3 is 2.67 bits per heavy atom. The summed E-state index contributed by atoms with van der Waals surface area (Å²) >= 11 is 0. The van der Waals surface area contributed by atoms with Gasteiger partial charge in [-0.05, 0) is 56.9 Å². The maximum absolute atomic E-state index is 13.2. The molecule has 1 aromatic carbocycles. The summed E-state index contributed by atoms with van der Waals surface area (Å²) < 4.78 is 34.1. The zero-order valence-corrected chi connectivity index (χ0v) is 18.5. The van der Waals surface area contributed by atoms with Gasteiger partial charge in [0, 0.05) is 25.5 Å². The van der Waals surface area contributed by atoms with Crippen LogP contribution in [0.4, 0.5) is 5.69 Å². The van der Waals surface area contributed by atoms with Crippen LogP contribution in [0.1, 0.15) is 41.4 Å². The number of aromatic nitrogens is 1. The molecule has 8 nitrogen and oxygen atoms in total. The Bertz CT molecular complexity index is 1070. The van der Waals surface area contributed by atoms with Crippen LogP contribution in [-0.4, -0.2) is 48.4 Å². The summed E-state index contributed by atoms with van der Waals surface area (Å²) in [6.45, 7) is 5.94. The van der Waals surface area contributed by atoms with E-state index in [4.69, 9.17) is 4.74 Å². The monoisotopic (exact) mass is 433 g/mol. The van der Waals surface area contributed by atoms with Crippen molar-refractivity contribution in [3.63, 3.8) is 0 Å². The van der Waals surface area contributed by atoms with Crippen LogP contribution in [0, 0.1) is 13.8 Å². The van der Waals surface area contributed by atoms with Gasteiger partial charge in [0.2, 0.25) is 15.9 Å². The van der Waals surface area contributed by atoms with Gasteiger partial charge in [0.25, 0.3) is 0 Å². The van der Waals surface area contributed by atoms with E-state index in [0.717, 1.165) is 11.1 Å². The largest absolute Gasteiger partial charge is 0.461 e. The van der Waals surface area contributed by atoms with Crippen molar-refractivity contribution in [1.82, 2.24) is 8.87 Å². The number of anilines is 1. The third kappa shape index (κ3) is 4.27. The summed E-state index contributed by atoms with van der Waals surface area (Å²) in [5.41, 5.74) is 2.73. The minimum atomic E-state index is -3.95. The third-order valence-electron chi connectivity index (χ3n) is 5.23. The van der Waals surface area contributed by atoms with Crippen molar-refractivity contribution in [2.24, 2.45) is 7.05 Å². The van der Waals surface area contributed by atoms with E-state index in [1.54, 1.807) is 14.0 Å². The molecule has 1 saturated heterocycles. The second-order valence-corrected chi connectivity index (χ2v) is 9.36. The smallest absolute Gasteiger partial charge is 0.354 e. The van der Waals surface area contributed by atoms with E-state index >= 15 is 0 Å². The Hall–Kier alpha value is -2.65. The number of amides is 1. The van der Waals surface area contributed by atoms with Crippen molar-refractivity contribution in [2.45, 2.75) is 44.6 Å². The van der Waals surface area contributed by atoms with E-state index in [1.807, 2.05) is 32.0 Å².